The third kappa shape index (κ3) is 7.12. The molecule has 19 heavy (non-hydrogen) atoms. The third-order valence-corrected chi connectivity index (χ3v) is 4.39. The molecular weight excluding hydrogens is 298 g/mol. The highest BCUT2D eigenvalue weighted by atomic mass is 79.9. The first-order chi connectivity index (χ1) is 9.27. The van der Waals surface area contributed by atoms with Crippen LogP contribution < -0.4 is 5.32 Å². The largest absolute Gasteiger partial charge is 0.317 e. The maximum atomic E-state index is 3.67. The molecule has 1 nitrogen and oxygen atoms in total. The van der Waals surface area contributed by atoms with Crippen LogP contribution >= 0.6 is 15.9 Å². The molecule has 0 saturated heterocycles. The Bertz CT molecular complexity index is 338. The van der Waals surface area contributed by atoms with E-state index in [-0.39, 0.29) is 0 Å². The average Bonchev–Trinajstić information content (AvgIpc) is 2.43. The van der Waals surface area contributed by atoms with Crippen molar-refractivity contribution < 1.29 is 0 Å². The van der Waals surface area contributed by atoms with Gasteiger partial charge in [0, 0.05) is 4.47 Å². The van der Waals surface area contributed by atoms with Crippen LogP contribution in [0, 0.1) is 5.92 Å². The van der Waals surface area contributed by atoms with Crippen molar-refractivity contribution in [1.82, 2.24) is 5.32 Å². The van der Waals surface area contributed by atoms with Crippen molar-refractivity contribution in [3.63, 3.8) is 0 Å². The van der Waals surface area contributed by atoms with Gasteiger partial charge in [-0.25, -0.2) is 0 Å². The fourth-order valence-corrected chi connectivity index (χ4v) is 2.91. The molecule has 0 aromatic heterocycles. The van der Waals surface area contributed by atoms with Gasteiger partial charge in [0.05, 0.1) is 0 Å². The SMILES string of the molecule is CCCCCCC(CNCC)Cc1ccccc1Br. The van der Waals surface area contributed by atoms with Crippen molar-refractivity contribution in [2.75, 3.05) is 13.1 Å². The molecule has 0 heterocycles. The minimum atomic E-state index is 0.760. The molecule has 0 fully saturated rings. The summed E-state index contributed by atoms with van der Waals surface area (Å²) in [6, 6.07) is 8.63. The fraction of sp³-hybridized carbons (Fsp3) is 0.647. The van der Waals surface area contributed by atoms with E-state index in [4.69, 9.17) is 0 Å². The van der Waals surface area contributed by atoms with Crippen LogP contribution in [0.4, 0.5) is 0 Å². The number of unbranched alkanes of at least 4 members (excludes halogenated alkanes) is 3. The van der Waals surface area contributed by atoms with Crippen LogP contribution in [0.25, 0.3) is 0 Å². The third-order valence-electron chi connectivity index (χ3n) is 3.62. The summed E-state index contributed by atoms with van der Waals surface area (Å²) >= 11 is 3.67. The molecule has 1 N–H and O–H groups in total. The number of nitrogens with one attached hydrogen (secondary N) is 1. The summed E-state index contributed by atoms with van der Waals surface area (Å²) in [5.74, 6) is 0.760. The standard InChI is InChI=1S/C17H28BrN/c1-3-5-6-7-10-15(14-19-4-2)13-16-11-8-9-12-17(16)18/h8-9,11-12,15,19H,3-7,10,13-14H2,1-2H3. The van der Waals surface area contributed by atoms with Crippen LogP contribution in [0.2, 0.25) is 0 Å². The van der Waals surface area contributed by atoms with Gasteiger partial charge >= 0.3 is 0 Å². The summed E-state index contributed by atoms with van der Waals surface area (Å²) in [7, 11) is 0. The van der Waals surface area contributed by atoms with Crippen LogP contribution in [0.15, 0.2) is 28.7 Å². The first-order valence-electron chi connectivity index (χ1n) is 7.72. The normalized spacial score (nSPS) is 12.6. The van der Waals surface area contributed by atoms with Crippen LogP contribution in [0.5, 0.6) is 0 Å². The van der Waals surface area contributed by atoms with Crippen molar-refractivity contribution in [3.05, 3.63) is 34.3 Å². The maximum absolute atomic E-state index is 3.67. The average molecular weight is 326 g/mol. The van der Waals surface area contributed by atoms with Gasteiger partial charge in [-0.3, -0.25) is 0 Å². The van der Waals surface area contributed by atoms with Gasteiger partial charge in [-0.15, -0.1) is 0 Å². The van der Waals surface area contributed by atoms with Crippen molar-refractivity contribution in [1.29, 1.82) is 0 Å². The summed E-state index contributed by atoms with van der Waals surface area (Å²) in [5, 5.41) is 3.51. The molecule has 108 valence electrons. The molecule has 0 amide bonds. The second-order valence-electron chi connectivity index (χ2n) is 5.32. The first-order valence-corrected chi connectivity index (χ1v) is 8.51. The molecule has 0 aliphatic heterocycles. The smallest absolute Gasteiger partial charge is 0.0207 e. The maximum Gasteiger partial charge on any atom is 0.0207 e. The predicted octanol–water partition coefficient (Wildman–Crippen LogP) is 5.19. The molecule has 0 spiro atoms. The molecule has 0 radical (unpaired) electrons. The van der Waals surface area contributed by atoms with E-state index >= 15 is 0 Å². The zero-order valence-corrected chi connectivity index (χ0v) is 14.0. The summed E-state index contributed by atoms with van der Waals surface area (Å²) in [4.78, 5) is 0. The summed E-state index contributed by atoms with van der Waals surface area (Å²) < 4.78 is 1.25. The second kappa shape index (κ2) is 10.4. The van der Waals surface area contributed by atoms with Crippen LogP contribution in [-0.4, -0.2) is 13.1 Å². The van der Waals surface area contributed by atoms with Crippen LogP contribution in [-0.2, 0) is 6.42 Å². The van der Waals surface area contributed by atoms with Crippen LogP contribution in [0.3, 0.4) is 0 Å². The molecule has 0 saturated carbocycles. The topological polar surface area (TPSA) is 12.0 Å². The van der Waals surface area contributed by atoms with Gasteiger partial charge in [0.1, 0.15) is 0 Å². The van der Waals surface area contributed by atoms with Crippen LogP contribution in [0.1, 0.15) is 51.5 Å². The lowest BCUT2D eigenvalue weighted by molar-refractivity contribution is 0.425. The Morgan fingerprint density at radius 2 is 1.89 bits per heavy atom. The lowest BCUT2D eigenvalue weighted by Gasteiger charge is -2.18. The van der Waals surface area contributed by atoms with Gasteiger partial charge < -0.3 is 5.32 Å². The van der Waals surface area contributed by atoms with E-state index in [0.717, 1.165) is 19.0 Å². The van der Waals surface area contributed by atoms with Gasteiger partial charge in [-0.2, -0.15) is 0 Å². The van der Waals surface area contributed by atoms with E-state index < -0.39 is 0 Å². The minimum absolute atomic E-state index is 0.760. The minimum Gasteiger partial charge on any atom is -0.317 e. The molecule has 0 aliphatic rings. The molecule has 0 aliphatic carbocycles. The molecule has 1 aromatic rings. The van der Waals surface area contributed by atoms with E-state index in [9.17, 15) is 0 Å². The van der Waals surface area contributed by atoms with Crippen molar-refractivity contribution >= 4 is 15.9 Å². The van der Waals surface area contributed by atoms with Gasteiger partial charge in [0.25, 0.3) is 0 Å². The van der Waals surface area contributed by atoms with Gasteiger partial charge in [0.2, 0.25) is 0 Å². The van der Waals surface area contributed by atoms with Crippen molar-refractivity contribution in [3.8, 4) is 0 Å². The fourth-order valence-electron chi connectivity index (χ4n) is 2.46. The highest BCUT2D eigenvalue weighted by Gasteiger charge is 2.10. The first kappa shape index (κ1) is 16.7. The van der Waals surface area contributed by atoms with Gasteiger partial charge in [0.15, 0.2) is 0 Å². The van der Waals surface area contributed by atoms with Crippen molar-refractivity contribution in [2.24, 2.45) is 5.92 Å². The highest BCUT2D eigenvalue weighted by molar-refractivity contribution is 9.10. The molecule has 1 atom stereocenters. The van der Waals surface area contributed by atoms with Crippen molar-refractivity contribution in [2.45, 2.75) is 52.4 Å². The zero-order chi connectivity index (χ0) is 13.9. The Morgan fingerprint density at radius 3 is 2.58 bits per heavy atom. The Kier molecular flexibility index (Phi) is 9.19. The van der Waals surface area contributed by atoms with E-state index in [1.165, 1.54) is 48.6 Å². The van der Waals surface area contributed by atoms with E-state index in [2.05, 4.69) is 59.4 Å². The number of hydrogen-bond acceptors (Lipinski definition) is 1. The number of hydrogen-bond donors (Lipinski definition) is 1. The summed E-state index contributed by atoms with van der Waals surface area (Å²) in [6.45, 7) is 6.68. The van der Waals surface area contributed by atoms with E-state index in [1.807, 2.05) is 0 Å². The molecule has 1 unspecified atom stereocenters. The molecular formula is C17H28BrN. The van der Waals surface area contributed by atoms with Gasteiger partial charge in [-0.05, 0) is 43.5 Å². The summed E-state index contributed by atoms with van der Waals surface area (Å²) in [6.07, 6.45) is 7.98. The monoisotopic (exact) mass is 325 g/mol. The Morgan fingerprint density at radius 1 is 1.11 bits per heavy atom. The Hall–Kier alpha value is -0.340. The van der Waals surface area contributed by atoms with Gasteiger partial charge in [-0.1, -0.05) is 73.7 Å². The number of benzene rings is 1. The van der Waals surface area contributed by atoms with E-state index in [0.29, 0.717) is 0 Å². The quantitative estimate of drug-likeness (QED) is 0.584. The molecule has 0 bridgehead atoms. The lowest BCUT2D eigenvalue weighted by atomic mass is 9.93. The highest BCUT2D eigenvalue weighted by Crippen LogP contribution is 2.22. The zero-order valence-electron chi connectivity index (χ0n) is 12.4. The predicted molar refractivity (Wildman–Crippen MR) is 88.6 cm³/mol. The lowest BCUT2D eigenvalue weighted by Crippen LogP contribution is -2.24. The second-order valence-corrected chi connectivity index (χ2v) is 6.17. The molecule has 2 heteroatoms. The Balaban J connectivity index is 2.46. The summed E-state index contributed by atoms with van der Waals surface area (Å²) in [5.41, 5.74) is 1.45. The number of rotatable bonds is 10. The molecule has 1 aromatic carbocycles. The van der Waals surface area contributed by atoms with E-state index in [1.54, 1.807) is 0 Å². The molecule has 1 rings (SSSR count). The number of halogens is 1. The Labute approximate surface area is 127 Å².